The second-order valence-corrected chi connectivity index (χ2v) is 4.32. The van der Waals surface area contributed by atoms with Crippen molar-refractivity contribution in [1.82, 2.24) is 0 Å². The molecule has 4 heteroatoms. The minimum absolute atomic E-state index is 0.196. The highest BCUT2D eigenvalue weighted by atomic mass is 79.9. The summed E-state index contributed by atoms with van der Waals surface area (Å²) in [5.74, 6) is 0. The fourth-order valence-electron chi connectivity index (χ4n) is 1.73. The number of halogens is 1. The van der Waals surface area contributed by atoms with Crippen LogP contribution in [0.25, 0.3) is 0 Å². The zero-order valence-electron chi connectivity index (χ0n) is 7.53. The van der Waals surface area contributed by atoms with Gasteiger partial charge < -0.3 is 14.9 Å². The van der Waals surface area contributed by atoms with Gasteiger partial charge in [0.2, 0.25) is 0 Å². The van der Waals surface area contributed by atoms with Crippen LogP contribution < -0.4 is 0 Å². The summed E-state index contributed by atoms with van der Waals surface area (Å²) in [4.78, 5) is 0. The zero-order chi connectivity index (χ0) is 10.2. The largest absolute Gasteiger partial charge is 0.393 e. The average Bonchev–Trinajstić information content (AvgIpc) is 2.56. The van der Waals surface area contributed by atoms with E-state index in [1.165, 1.54) is 0 Å². The van der Waals surface area contributed by atoms with Crippen molar-refractivity contribution in [2.45, 2.75) is 12.2 Å². The highest BCUT2D eigenvalue weighted by Gasteiger charge is 2.39. The van der Waals surface area contributed by atoms with E-state index in [1.54, 1.807) is 0 Å². The van der Waals surface area contributed by atoms with Crippen LogP contribution in [0.5, 0.6) is 0 Å². The molecule has 0 spiro atoms. The first-order chi connectivity index (χ1) is 6.72. The monoisotopic (exact) mass is 258 g/mol. The molecule has 1 aliphatic rings. The highest BCUT2D eigenvalue weighted by molar-refractivity contribution is 9.10. The molecule has 0 atom stereocenters. The minimum atomic E-state index is -0.907. The maximum Gasteiger partial charge on any atom is 0.140 e. The predicted octanol–water partition coefficient (Wildman–Crippen LogP) is 1.16. The molecule has 0 saturated carbocycles. The van der Waals surface area contributed by atoms with E-state index in [1.807, 2.05) is 18.2 Å². The van der Waals surface area contributed by atoms with E-state index in [-0.39, 0.29) is 13.2 Å². The first kappa shape index (κ1) is 10.1. The van der Waals surface area contributed by atoms with Crippen LogP contribution in [0.2, 0.25) is 0 Å². The van der Waals surface area contributed by atoms with E-state index in [0.29, 0.717) is 6.61 Å². The SMILES string of the molecule is OCC1(CO)OCc2cc(Br)ccc21. The molecule has 14 heavy (non-hydrogen) atoms. The van der Waals surface area contributed by atoms with Crippen LogP contribution in [0, 0.1) is 0 Å². The first-order valence-electron chi connectivity index (χ1n) is 4.36. The fourth-order valence-corrected chi connectivity index (χ4v) is 2.14. The van der Waals surface area contributed by atoms with Gasteiger partial charge in [-0.1, -0.05) is 22.0 Å². The molecule has 0 bridgehead atoms. The Hall–Kier alpha value is -0.420. The molecule has 3 nitrogen and oxygen atoms in total. The van der Waals surface area contributed by atoms with Gasteiger partial charge in [-0.05, 0) is 23.3 Å². The lowest BCUT2D eigenvalue weighted by atomic mass is 9.94. The van der Waals surface area contributed by atoms with Crippen LogP contribution in [-0.2, 0) is 16.9 Å². The third kappa shape index (κ3) is 1.39. The Balaban J connectivity index is 2.48. The molecule has 2 rings (SSSR count). The first-order valence-corrected chi connectivity index (χ1v) is 5.16. The van der Waals surface area contributed by atoms with E-state index in [2.05, 4.69) is 15.9 Å². The Morgan fingerprint density at radius 2 is 2.07 bits per heavy atom. The van der Waals surface area contributed by atoms with Crippen LogP contribution in [-0.4, -0.2) is 23.4 Å². The van der Waals surface area contributed by atoms with Crippen LogP contribution in [0.15, 0.2) is 22.7 Å². The molecule has 1 heterocycles. The second-order valence-electron chi connectivity index (χ2n) is 3.40. The Bertz CT molecular complexity index is 347. The predicted molar refractivity (Wildman–Crippen MR) is 54.8 cm³/mol. The molecular formula is C10H11BrO3. The smallest absolute Gasteiger partial charge is 0.140 e. The number of hydrogen-bond acceptors (Lipinski definition) is 3. The van der Waals surface area contributed by atoms with Crippen molar-refractivity contribution in [3.63, 3.8) is 0 Å². The van der Waals surface area contributed by atoms with Crippen molar-refractivity contribution in [2.24, 2.45) is 0 Å². The van der Waals surface area contributed by atoms with Gasteiger partial charge in [-0.3, -0.25) is 0 Å². The molecule has 0 fully saturated rings. The fraction of sp³-hybridized carbons (Fsp3) is 0.400. The van der Waals surface area contributed by atoms with Crippen molar-refractivity contribution in [3.05, 3.63) is 33.8 Å². The summed E-state index contributed by atoms with van der Waals surface area (Å²) in [5, 5.41) is 18.5. The molecule has 0 aromatic heterocycles. The molecule has 76 valence electrons. The second kappa shape index (κ2) is 3.62. The number of aliphatic hydroxyl groups is 2. The van der Waals surface area contributed by atoms with Gasteiger partial charge in [0.15, 0.2) is 0 Å². The quantitative estimate of drug-likeness (QED) is 0.837. The Kier molecular flexibility index (Phi) is 2.62. The summed E-state index contributed by atoms with van der Waals surface area (Å²) in [6.45, 7) is 0.0478. The highest BCUT2D eigenvalue weighted by Crippen LogP contribution is 2.37. The van der Waals surface area contributed by atoms with Crippen LogP contribution >= 0.6 is 15.9 Å². The van der Waals surface area contributed by atoms with Gasteiger partial charge in [-0.25, -0.2) is 0 Å². The third-order valence-electron chi connectivity index (χ3n) is 2.57. The average molecular weight is 259 g/mol. The zero-order valence-corrected chi connectivity index (χ0v) is 9.12. The Morgan fingerprint density at radius 3 is 2.71 bits per heavy atom. The van der Waals surface area contributed by atoms with Crippen molar-refractivity contribution in [3.8, 4) is 0 Å². The lowest BCUT2D eigenvalue weighted by molar-refractivity contribution is -0.104. The van der Waals surface area contributed by atoms with Gasteiger partial charge in [-0.2, -0.15) is 0 Å². The molecule has 0 aliphatic carbocycles. The van der Waals surface area contributed by atoms with Crippen LogP contribution in [0.3, 0.4) is 0 Å². The number of fused-ring (bicyclic) bond motifs is 1. The molecule has 1 aliphatic heterocycles. The van der Waals surface area contributed by atoms with E-state index in [4.69, 9.17) is 4.74 Å². The van der Waals surface area contributed by atoms with Gasteiger partial charge in [0.05, 0.1) is 19.8 Å². The maximum absolute atomic E-state index is 9.24. The van der Waals surface area contributed by atoms with Gasteiger partial charge in [-0.15, -0.1) is 0 Å². The van der Waals surface area contributed by atoms with Crippen LogP contribution in [0.1, 0.15) is 11.1 Å². The number of benzene rings is 1. The lowest BCUT2D eigenvalue weighted by Gasteiger charge is -2.24. The van der Waals surface area contributed by atoms with Gasteiger partial charge >= 0.3 is 0 Å². The molecule has 0 saturated heterocycles. The van der Waals surface area contributed by atoms with Crippen molar-refractivity contribution >= 4 is 15.9 Å². The van der Waals surface area contributed by atoms with E-state index in [0.717, 1.165) is 15.6 Å². The summed E-state index contributed by atoms with van der Waals surface area (Å²) in [6, 6.07) is 5.70. The standard InChI is InChI=1S/C10H11BrO3/c11-8-1-2-9-7(3-8)4-14-10(9,5-12)6-13/h1-3,12-13H,4-6H2. The lowest BCUT2D eigenvalue weighted by Crippen LogP contribution is -2.34. The van der Waals surface area contributed by atoms with Crippen molar-refractivity contribution in [1.29, 1.82) is 0 Å². The minimum Gasteiger partial charge on any atom is -0.393 e. The number of hydrogen-bond donors (Lipinski definition) is 2. The normalized spacial score (nSPS) is 18.2. The molecule has 0 amide bonds. The summed E-state index contributed by atoms with van der Waals surface area (Å²) < 4.78 is 6.42. The number of ether oxygens (including phenoxy) is 1. The Labute approximate surface area is 90.5 Å². The molecule has 1 aromatic rings. The van der Waals surface area contributed by atoms with Gasteiger partial charge in [0, 0.05) is 4.47 Å². The maximum atomic E-state index is 9.24. The van der Waals surface area contributed by atoms with E-state index < -0.39 is 5.60 Å². The van der Waals surface area contributed by atoms with Crippen LogP contribution in [0.4, 0.5) is 0 Å². The molecule has 1 aromatic carbocycles. The molecule has 0 unspecified atom stereocenters. The van der Waals surface area contributed by atoms with Crippen molar-refractivity contribution in [2.75, 3.05) is 13.2 Å². The Morgan fingerprint density at radius 1 is 1.36 bits per heavy atom. The van der Waals surface area contributed by atoms with E-state index in [9.17, 15) is 10.2 Å². The molecular weight excluding hydrogens is 248 g/mol. The molecule has 0 radical (unpaired) electrons. The summed E-state index contributed by atoms with van der Waals surface area (Å²) in [6.07, 6.45) is 0. The van der Waals surface area contributed by atoms with Gasteiger partial charge in [0.1, 0.15) is 5.60 Å². The van der Waals surface area contributed by atoms with Gasteiger partial charge in [0.25, 0.3) is 0 Å². The third-order valence-corrected chi connectivity index (χ3v) is 3.07. The number of aliphatic hydroxyl groups excluding tert-OH is 2. The molecule has 2 N–H and O–H groups in total. The van der Waals surface area contributed by atoms with E-state index >= 15 is 0 Å². The summed E-state index contributed by atoms with van der Waals surface area (Å²) in [5.41, 5.74) is 0.990. The van der Waals surface area contributed by atoms with Crippen molar-refractivity contribution < 1.29 is 14.9 Å². The summed E-state index contributed by atoms with van der Waals surface area (Å²) >= 11 is 3.37. The summed E-state index contributed by atoms with van der Waals surface area (Å²) in [7, 11) is 0. The number of rotatable bonds is 2. The topological polar surface area (TPSA) is 49.7 Å².